The molecule has 1 N–H and O–H groups in total. The molecule has 2 aliphatic rings. The Balaban J connectivity index is 1.92. The zero-order valence-electron chi connectivity index (χ0n) is 12.0. The third-order valence-corrected chi connectivity index (χ3v) is 6.05. The Morgan fingerprint density at radius 3 is 2.52 bits per heavy atom. The van der Waals surface area contributed by atoms with Gasteiger partial charge >= 0.3 is 0 Å². The third kappa shape index (κ3) is 2.96. The second-order valence-electron chi connectivity index (χ2n) is 5.69. The lowest BCUT2D eigenvalue weighted by atomic mass is 10.1. The van der Waals surface area contributed by atoms with E-state index in [4.69, 9.17) is 0 Å². The Hall–Kier alpha value is -1.40. The lowest BCUT2D eigenvalue weighted by Gasteiger charge is -2.26. The van der Waals surface area contributed by atoms with Crippen LogP contribution in [0.5, 0.6) is 0 Å². The molecule has 0 atom stereocenters. The van der Waals surface area contributed by atoms with Gasteiger partial charge in [0.1, 0.15) is 0 Å². The van der Waals surface area contributed by atoms with Crippen LogP contribution in [-0.4, -0.2) is 31.7 Å². The first-order valence-electron chi connectivity index (χ1n) is 7.50. The van der Waals surface area contributed by atoms with E-state index in [0.29, 0.717) is 24.4 Å². The van der Waals surface area contributed by atoms with Crippen molar-refractivity contribution < 1.29 is 13.2 Å². The number of carbonyl (C=O) groups is 1. The number of nitrogens with zero attached hydrogens (tertiary/aromatic N) is 1. The minimum absolute atomic E-state index is 0.000359. The van der Waals surface area contributed by atoms with Crippen LogP contribution < -0.4 is 5.32 Å². The Kier molecular flexibility index (Phi) is 3.99. The molecule has 0 unspecified atom stereocenters. The number of rotatable bonds is 2. The van der Waals surface area contributed by atoms with Gasteiger partial charge in [0.15, 0.2) is 0 Å². The number of benzene rings is 1. The van der Waals surface area contributed by atoms with E-state index >= 15 is 0 Å². The molecule has 114 valence electrons. The molecule has 0 aromatic heterocycles. The van der Waals surface area contributed by atoms with Crippen LogP contribution in [0, 0.1) is 0 Å². The first-order chi connectivity index (χ1) is 10.1. The molecule has 1 aromatic carbocycles. The monoisotopic (exact) mass is 308 g/mol. The van der Waals surface area contributed by atoms with Gasteiger partial charge in [-0.3, -0.25) is 4.79 Å². The van der Waals surface area contributed by atoms with Crippen molar-refractivity contribution >= 4 is 21.6 Å². The van der Waals surface area contributed by atoms with E-state index in [1.807, 2.05) is 0 Å². The average molecular weight is 308 g/mol. The summed E-state index contributed by atoms with van der Waals surface area (Å²) < 4.78 is 26.9. The molecule has 1 saturated heterocycles. The summed E-state index contributed by atoms with van der Waals surface area (Å²) in [7, 11) is -3.40. The van der Waals surface area contributed by atoms with E-state index < -0.39 is 10.0 Å². The highest BCUT2D eigenvalue weighted by atomic mass is 32.2. The van der Waals surface area contributed by atoms with Gasteiger partial charge in [-0.1, -0.05) is 6.42 Å². The molecule has 3 rings (SSSR count). The number of aryl methyl sites for hydroxylation is 1. The van der Waals surface area contributed by atoms with Crippen molar-refractivity contribution in [1.82, 2.24) is 4.31 Å². The smallest absolute Gasteiger partial charge is 0.243 e. The van der Waals surface area contributed by atoms with Gasteiger partial charge in [0.05, 0.1) is 4.90 Å². The van der Waals surface area contributed by atoms with Gasteiger partial charge in [0.2, 0.25) is 15.9 Å². The topological polar surface area (TPSA) is 66.5 Å². The molecule has 0 aliphatic carbocycles. The highest BCUT2D eigenvalue weighted by Crippen LogP contribution is 2.27. The largest absolute Gasteiger partial charge is 0.326 e. The number of hydrogen-bond donors (Lipinski definition) is 1. The summed E-state index contributed by atoms with van der Waals surface area (Å²) in [5.74, 6) is 0.000359. The number of nitrogens with one attached hydrogen (secondary N) is 1. The number of sulfonamides is 1. The minimum atomic E-state index is -3.40. The van der Waals surface area contributed by atoms with E-state index in [-0.39, 0.29) is 5.91 Å². The summed E-state index contributed by atoms with van der Waals surface area (Å²) in [5, 5.41) is 2.83. The summed E-state index contributed by atoms with van der Waals surface area (Å²) in [5.41, 5.74) is 1.66. The molecule has 2 heterocycles. The number of amides is 1. The van der Waals surface area contributed by atoms with E-state index in [0.717, 1.165) is 43.4 Å². The summed E-state index contributed by atoms with van der Waals surface area (Å²) in [6.45, 7) is 1.21. The lowest BCUT2D eigenvalue weighted by Crippen LogP contribution is -2.35. The minimum Gasteiger partial charge on any atom is -0.326 e. The molecule has 1 amide bonds. The molecular weight excluding hydrogens is 288 g/mol. The standard InChI is InChI=1S/C15H20N2O3S/c18-15-6-4-5-12-11-13(7-8-14(12)16-15)21(19,20)17-9-2-1-3-10-17/h7-8,11H,1-6,9-10H2,(H,16,18). The van der Waals surface area contributed by atoms with Gasteiger partial charge in [-0.25, -0.2) is 8.42 Å². The molecule has 6 heteroatoms. The van der Waals surface area contributed by atoms with Crippen LogP contribution >= 0.6 is 0 Å². The highest BCUT2D eigenvalue weighted by Gasteiger charge is 2.27. The fraction of sp³-hybridized carbons (Fsp3) is 0.533. The number of anilines is 1. The van der Waals surface area contributed by atoms with Crippen LogP contribution in [0.3, 0.4) is 0 Å². The summed E-state index contributed by atoms with van der Waals surface area (Å²) in [6, 6.07) is 5.05. The Labute approximate surface area is 125 Å². The van der Waals surface area contributed by atoms with Crippen molar-refractivity contribution in [3.05, 3.63) is 23.8 Å². The van der Waals surface area contributed by atoms with Gasteiger partial charge in [0.25, 0.3) is 0 Å². The normalized spacial score (nSPS) is 20.5. The Bertz CT molecular complexity index is 649. The second-order valence-corrected chi connectivity index (χ2v) is 7.62. The SMILES string of the molecule is O=C1CCCc2cc(S(=O)(=O)N3CCCCC3)ccc2N1. The molecule has 21 heavy (non-hydrogen) atoms. The summed E-state index contributed by atoms with van der Waals surface area (Å²) >= 11 is 0. The summed E-state index contributed by atoms with van der Waals surface area (Å²) in [6.07, 6.45) is 4.94. The molecule has 5 nitrogen and oxygen atoms in total. The number of carbonyl (C=O) groups excluding carboxylic acids is 1. The van der Waals surface area contributed by atoms with Crippen LogP contribution in [-0.2, 0) is 21.2 Å². The maximum absolute atomic E-state index is 12.7. The zero-order valence-corrected chi connectivity index (χ0v) is 12.8. The van der Waals surface area contributed by atoms with E-state index in [1.165, 1.54) is 0 Å². The van der Waals surface area contributed by atoms with Gasteiger partial charge in [0, 0.05) is 25.2 Å². The van der Waals surface area contributed by atoms with Gasteiger partial charge in [-0.2, -0.15) is 4.31 Å². The van der Waals surface area contributed by atoms with Crippen molar-refractivity contribution in [2.24, 2.45) is 0 Å². The zero-order chi connectivity index (χ0) is 14.9. The Morgan fingerprint density at radius 2 is 1.76 bits per heavy atom. The van der Waals surface area contributed by atoms with Crippen LogP contribution in [0.4, 0.5) is 5.69 Å². The van der Waals surface area contributed by atoms with Gasteiger partial charge in [-0.15, -0.1) is 0 Å². The van der Waals surface area contributed by atoms with E-state index in [2.05, 4.69) is 5.32 Å². The molecule has 1 aromatic rings. The van der Waals surface area contributed by atoms with Crippen molar-refractivity contribution in [3.63, 3.8) is 0 Å². The van der Waals surface area contributed by atoms with Crippen molar-refractivity contribution in [1.29, 1.82) is 0 Å². The van der Waals surface area contributed by atoms with Crippen molar-refractivity contribution in [2.45, 2.75) is 43.4 Å². The fourth-order valence-electron chi connectivity index (χ4n) is 2.97. The Morgan fingerprint density at radius 1 is 1.00 bits per heavy atom. The number of fused-ring (bicyclic) bond motifs is 1. The summed E-state index contributed by atoms with van der Waals surface area (Å²) in [4.78, 5) is 11.9. The average Bonchev–Trinajstić information content (AvgIpc) is 2.68. The molecular formula is C15H20N2O3S. The molecule has 0 saturated carbocycles. The van der Waals surface area contributed by atoms with Crippen LogP contribution in [0.25, 0.3) is 0 Å². The molecule has 0 spiro atoms. The molecule has 0 bridgehead atoms. The first kappa shape index (κ1) is 14.5. The van der Waals surface area contributed by atoms with Crippen LogP contribution in [0.1, 0.15) is 37.7 Å². The maximum Gasteiger partial charge on any atom is 0.243 e. The van der Waals surface area contributed by atoms with Crippen LogP contribution in [0.15, 0.2) is 23.1 Å². The lowest BCUT2D eigenvalue weighted by molar-refractivity contribution is -0.116. The second kappa shape index (κ2) is 5.77. The van der Waals surface area contributed by atoms with Gasteiger partial charge < -0.3 is 5.32 Å². The number of hydrogen-bond acceptors (Lipinski definition) is 3. The van der Waals surface area contributed by atoms with Gasteiger partial charge in [-0.05, 0) is 49.4 Å². The fourth-order valence-corrected chi connectivity index (χ4v) is 4.53. The van der Waals surface area contributed by atoms with Crippen LogP contribution in [0.2, 0.25) is 0 Å². The molecule has 1 fully saturated rings. The number of piperidine rings is 1. The molecule has 0 radical (unpaired) electrons. The predicted octanol–water partition coefficient (Wildman–Crippen LogP) is 2.14. The first-order valence-corrected chi connectivity index (χ1v) is 8.94. The highest BCUT2D eigenvalue weighted by molar-refractivity contribution is 7.89. The van der Waals surface area contributed by atoms with E-state index in [9.17, 15) is 13.2 Å². The third-order valence-electron chi connectivity index (χ3n) is 4.15. The van der Waals surface area contributed by atoms with E-state index in [1.54, 1.807) is 22.5 Å². The quantitative estimate of drug-likeness (QED) is 0.910. The van der Waals surface area contributed by atoms with Crippen molar-refractivity contribution in [3.8, 4) is 0 Å². The molecule has 2 aliphatic heterocycles. The predicted molar refractivity (Wildman–Crippen MR) is 80.6 cm³/mol. The maximum atomic E-state index is 12.7. The van der Waals surface area contributed by atoms with Crippen molar-refractivity contribution in [2.75, 3.05) is 18.4 Å².